The van der Waals surface area contributed by atoms with Gasteiger partial charge in [0.25, 0.3) is 0 Å². The highest BCUT2D eigenvalue weighted by atomic mass is 32.2. The van der Waals surface area contributed by atoms with Crippen molar-refractivity contribution in [1.82, 2.24) is 4.90 Å². The summed E-state index contributed by atoms with van der Waals surface area (Å²) in [5.74, 6) is -1.04. The van der Waals surface area contributed by atoms with Crippen LogP contribution in [-0.4, -0.2) is 70.7 Å². The molecule has 2 saturated heterocycles. The molecule has 0 N–H and O–H groups in total. The lowest BCUT2D eigenvalue weighted by atomic mass is 10.1. The van der Waals surface area contributed by atoms with Gasteiger partial charge >= 0.3 is 0 Å². The number of rotatable bonds is 4. The summed E-state index contributed by atoms with van der Waals surface area (Å²) in [6, 6.07) is 13.0. The van der Waals surface area contributed by atoms with Crippen LogP contribution in [0.25, 0.3) is 0 Å². The van der Waals surface area contributed by atoms with Crippen LogP contribution in [0.3, 0.4) is 0 Å². The predicted octanol–water partition coefficient (Wildman–Crippen LogP) is 1.90. The van der Waals surface area contributed by atoms with Crippen LogP contribution in [0.5, 0.6) is 0 Å². The van der Waals surface area contributed by atoms with Crippen molar-refractivity contribution in [3.8, 4) is 0 Å². The summed E-state index contributed by atoms with van der Waals surface area (Å²) in [6.07, 6.45) is 0. The van der Waals surface area contributed by atoms with Crippen molar-refractivity contribution in [2.45, 2.75) is 23.1 Å². The van der Waals surface area contributed by atoms with Crippen LogP contribution in [-0.2, 0) is 19.7 Å². The van der Waals surface area contributed by atoms with E-state index in [1.807, 2.05) is 35.2 Å². The lowest BCUT2D eigenvalue weighted by Crippen LogP contribution is -2.55. The molecule has 0 aromatic heterocycles. The zero-order chi connectivity index (χ0) is 21.5. The van der Waals surface area contributed by atoms with E-state index < -0.39 is 42.5 Å². The molecule has 4 rings (SSSR count). The zero-order valence-corrected chi connectivity index (χ0v) is 18.4. The Kier molecular flexibility index (Phi) is 5.63. The number of para-hydroxylation sites is 1. The van der Waals surface area contributed by atoms with Gasteiger partial charge in [-0.05, 0) is 42.8 Å². The SMILES string of the molecule is Cc1cc(S(=O)(=O)[C@@H]2CS(=O)(=O)C[C@H]2N2CCN(c3ccccc3)CC2)ccc1F. The Balaban J connectivity index is 1.57. The summed E-state index contributed by atoms with van der Waals surface area (Å²) in [4.78, 5) is 4.19. The Morgan fingerprint density at radius 1 is 0.967 bits per heavy atom. The van der Waals surface area contributed by atoms with Crippen molar-refractivity contribution >= 4 is 25.4 Å². The highest BCUT2D eigenvalue weighted by Crippen LogP contribution is 2.31. The molecule has 2 aromatic carbocycles. The Morgan fingerprint density at radius 2 is 1.63 bits per heavy atom. The van der Waals surface area contributed by atoms with Gasteiger partial charge in [-0.15, -0.1) is 0 Å². The molecule has 9 heteroatoms. The van der Waals surface area contributed by atoms with Crippen LogP contribution in [0.15, 0.2) is 53.4 Å². The number of anilines is 1. The molecule has 2 atom stereocenters. The third kappa shape index (κ3) is 4.10. The fraction of sp³-hybridized carbons (Fsp3) is 0.429. The number of hydrogen-bond donors (Lipinski definition) is 0. The molecule has 6 nitrogen and oxygen atoms in total. The fourth-order valence-electron chi connectivity index (χ4n) is 4.35. The molecule has 30 heavy (non-hydrogen) atoms. The Hall–Kier alpha value is -1.97. The van der Waals surface area contributed by atoms with Crippen LogP contribution in [0.2, 0.25) is 0 Å². The van der Waals surface area contributed by atoms with Gasteiger partial charge in [-0.3, -0.25) is 4.90 Å². The summed E-state index contributed by atoms with van der Waals surface area (Å²) in [7, 11) is -7.39. The number of benzene rings is 2. The molecule has 0 radical (unpaired) electrons. The maximum Gasteiger partial charge on any atom is 0.183 e. The van der Waals surface area contributed by atoms with Crippen molar-refractivity contribution < 1.29 is 21.2 Å². The number of sulfone groups is 2. The molecule has 2 heterocycles. The smallest absolute Gasteiger partial charge is 0.183 e. The summed E-state index contributed by atoms with van der Waals surface area (Å²) in [5, 5.41) is -1.05. The van der Waals surface area contributed by atoms with Crippen molar-refractivity contribution in [3.63, 3.8) is 0 Å². The Labute approximate surface area is 177 Å². The highest BCUT2D eigenvalue weighted by molar-refractivity contribution is 7.96. The number of aryl methyl sites for hydroxylation is 1. The molecule has 2 aliphatic heterocycles. The summed E-state index contributed by atoms with van der Waals surface area (Å²) >= 11 is 0. The number of halogens is 1. The largest absolute Gasteiger partial charge is 0.369 e. The van der Waals surface area contributed by atoms with Gasteiger partial charge in [0, 0.05) is 37.9 Å². The monoisotopic (exact) mass is 452 g/mol. The normalized spacial score (nSPS) is 24.8. The van der Waals surface area contributed by atoms with Crippen LogP contribution in [0.1, 0.15) is 5.56 Å². The minimum atomic E-state index is -3.91. The van der Waals surface area contributed by atoms with Gasteiger partial charge in [-0.1, -0.05) is 18.2 Å². The zero-order valence-electron chi connectivity index (χ0n) is 16.7. The first kappa shape index (κ1) is 21.3. The second-order valence-corrected chi connectivity index (χ2v) is 12.3. The van der Waals surface area contributed by atoms with E-state index in [1.165, 1.54) is 19.1 Å². The van der Waals surface area contributed by atoms with Gasteiger partial charge in [-0.25, -0.2) is 21.2 Å². The molecule has 2 aromatic rings. The van der Waals surface area contributed by atoms with E-state index in [0.29, 0.717) is 26.2 Å². The fourth-order valence-corrected chi connectivity index (χ4v) is 9.27. The minimum absolute atomic E-state index is 0.0172. The van der Waals surface area contributed by atoms with E-state index in [1.54, 1.807) is 0 Å². The van der Waals surface area contributed by atoms with E-state index in [2.05, 4.69) is 4.90 Å². The maximum atomic E-state index is 13.6. The standard InChI is InChI=1S/C21H25FN2O4S2/c1-16-13-18(7-8-19(16)22)30(27,28)21-15-29(25,26)14-20(21)24-11-9-23(10-12-24)17-5-3-2-4-6-17/h2-8,13,20-21H,9-12,14-15H2,1H3/t20-,21-/m1/s1. The minimum Gasteiger partial charge on any atom is -0.369 e. The van der Waals surface area contributed by atoms with Crippen LogP contribution in [0.4, 0.5) is 10.1 Å². The molecule has 0 amide bonds. The van der Waals surface area contributed by atoms with Crippen LogP contribution < -0.4 is 4.90 Å². The third-order valence-corrected chi connectivity index (χ3v) is 10.1. The molecule has 0 bridgehead atoms. The highest BCUT2D eigenvalue weighted by Gasteiger charge is 2.48. The summed E-state index contributed by atoms with van der Waals surface area (Å²) < 4.78 is 65.1. The molecule has 0 spiro atoms. The molecular formula is C21H25FN2O4S2. The van der Waals surface area contributed by atoms with E-state index in [4.69, 9.17) is 0 Å². The molecule has 0 aliphatic carbocycles. The molecule has 2 aliphatic rings. The molecule has 162 valence electrons. The first-order chi connectivity index (χ1) is 14.2. The van der Waals surface area contributed by atoms with Crippen LogP contribution >= 0.6 is 0 Å². The molecule has 2 fully saturated rings. The van der Waals surface area contributed by atoms with E-state index in [-0.39, 0.29) is 16.2 Å². The van der Waals surface area contributed by atoms with E-state index in [9.17, 15) is 21.2 Å². The topological polar surface area (TPSA) is 74.8 Å². The molecular weight excluding hydrogens is 427 g/mol. The first-order valence-corrected chi connectivity index (χ1v) is 13.3. The van der Waals surface area contributed by atoms with Gasteiger partial charge in [0.15, 0.2) is 19.7 Å². The predicted molar refractivity (Wildman–Crippen MR) is 115 cm³/mol. The van der Waals surface area contributed by atoms with Crippen molar-refractivity contribution in [2.24, 2.45) is 0 Å². The second kappa shape index (κ2) is 7.94. The molecule has 0 unspecified atom stereocenters. The molecule has 0 saturated carbocycles. The number of nitrogens with zero attached hydrogens (tertiary/aromatic N) is 2. The Bertz CT molecular complexity index is 1130. The van der Waals surface area contributed by atoms with Gasteiger partial charge in [0.1, 0.15) is 5.82 Å². The summed E-state index contributed by atoms with van der Waals surface area (Å²) in [5.41, 5.74) is 1.33. The van der Waals surface area contributed by atoms with Crippen molar-refractivity contribution in [3.05, 3.63) is 59.9 Å². The quantitative estimate of drug-likeness (QED) is 0.660. The van der Waals surface area contributed by atoms with Gasteiger partial charge in [-0.2, -0.15) is 0 Å². The Morgan fingerprint density at radius 3 is 2.27 bits per heavy atom. The second-order valence-electron chi connectivity index (χ2n) is 8.00. The average molecular weight is 453 g/mol. The summed E-state index contributed by atoms with van der Waals surface area (Å²) in [6.45, 7) is 4.07. The van der Waals surface area contributed by atoms with Gasteiger partial charge in [0.2, 0.25) is 0 Å². The first-order valence-electron chi connectivity index (χ1n) is 9.92. The third-order valence-electron chi connectivity index (χ3n) is 6.03. The lowest BCUT2D eigenvalue weighted by Gasteiger charge is -2.40. The van der Waals surface area contributed by atoms with E-state index in [0.717, 1.165) is 11.8 Å². The number of hydrogen-bond acceptors (Lipinski definition) is 6. The van der Waals surface area contributed by atoms with Gasteiger partial charge < -0.3 is 4.90 Å². The number of piperazine rings is 1. The lowest BCUT2D eigenvalue weighted by molar-refractivity contribution is 0.201. The van der Waals surface area contributed by atoms with E-state index >= 15 is 0 Å². The van der Waals surface area contributed by atoms with Crippen molar-refractivity contribution in [2.75, 3.05) is 42.6 Å². The van der Waals surface area contributed by atoms with Crippen molar-refractivity contribution in [1.29, 1.82) is 0 Å². The van der Waals surface area contributed by atoms with Crippen LogP contribution in [0, 0.1) is 12.7 Å². The maximum absolute atomic E-state index is 13.6. The van der Waals surface area contributed by atoms with Gasteiger partial charge in [0.05, 0.1) is 21.7 Å². The average Bonchev–Trinajstić information content (AvgIpc) is 3.07.